The molecule has 1 fully saturated rings. The van der Waals surface area contributed by atoms with Gasteiger partial charge in [0, 0.05) is 18.0 Å². The van der Waals surface area contributed by atoms with E-state index >= 15 is 0 Å². The molecule has 0 amide bonds. The second kappa shape index (κ2) is 16.5. The van der Waals surface area contributed by atoms with Gasteiger partial charge in [-0.2, -0.15) is 0 Å². The number of nitrogens with zero attached hydrogens (tertiary/aromatic N) is 2. The van der Waals surface area contributed by atoms with Gasteiger partial charge in [0.05, 0.1) is 5.92 Å². The van der Waals surface area contributed by atoms with Crippen LogP contribution in [0.25, 0.3) is 11.4 Å². The van der Waals surface area contributed by atoms with Crippen LogP contribution in [0.5, 0.6) is 5.75 Å². The van der Waals surface area contributed by atoms with Crippen molar-refractivity contribution in [2.45, 2.75) is 123 Å². The number of aromatic nitrogens is 2. The Morgan fingerprint density at radius 3 is 2.00 bits per heavy atom. The Balaban J connectivity index is 1.37. The Morgan fingerprint density at radius 2 is 1.36 bits per heavy atom. The van der Waals surface area contributed by atoms with Gasteiger partial charge in [0.1, 0.15) is 5.75 Å². The van der Waals surface area contributed by atoms with Gasteiger partial charge in [-0.05, 0) is 74.3 Å². The molecule has 0 aliphatic heterocycles. The Labute approximate surface area is 219 Å². The van der Waals surface area contributed by atoms with E-state index in [0.29, 0.717) is 11.6 Å². The summed E-state index contributed by atoms with van der Waals surface area (Å²) in [5, 5.41) is 0. The maximum absolute atomic E-state index is 12.7. The highest BCUT2D eigenvalue weighted by Gasteiger charge is 2.27. The van der Waals surface area contributed by atoms with Gasteiger partial charge in [-0.1, -0.05) is 84.5 Å². The van der Waals surface area contributed by atoms with Gasteiger partial charge in [0.2, 0.25) is 0 Å². The molecule has 2 aromatic rings. The number of hydrogen-bond acceptors (Lipinski definition) is 4. The van der Waals surface area contributed by atoms with Crippen molar-refractivity contribution in [1.29, 1.82) is 0 Å². The summed E-state index contributed by atoms with van der Waals surface area (Å²) >= 11 is 0. The zero-order valence-electron chi connectivity index (χ0n) is 22.9. The van der Waals surface area contributed by atoms with E-state index < -0.39 is 0 Å². The van der Waals surface area contributed by atoms with Crippen molar-refractivity contribution >= 4 is 5.97 Å². The minimum absolute atomic E-state index is 0.0454. The summed E-state index contributed by atoms with van der Waals surface area (Å²) in [6, 6.07) is 7.62. The summed E-state index contributed by atoms with van der Waals surface area (Å²) in [6.07, 6.45) is 25.1. The molecule has 0 bridgehead atoms. The maximum Gasteiger partial charge on any atom is 0.314 e. The Bertz CT molecular complexity index is 855. The van der Waals surface area contributed by atoms with E-state index in [-0.39, 0.29) is 11.9 Å². The van der Waals surface area contributed by atoms with Crippen molar-refractivity contribution < 1.29 is 9.53 Å². The molecule has 0 unspecified atom stereocenters. The standard InChI is InChI=1S/C32H48N2O2/c1-3-5-7-8-9-10-11-13-15-27-24-33-31(34-25-27)28-20-22-30(23-21-28)36-32(35)29-18-16-26(17-19-29)14-12-6-4-2/h20-26,29H,3-19H2,1-2H3/t26-,29-. The van der Waals surface area contributed by atoms with Crippen LogP contribution >= 0.6 is 0 Å². The first-order chi connectivity index (χ1) is 17.7. The van der Waals surface area contributed by atoms with Crippen molar-refractivity contribution in [3.8, 4) is 17.1 Å². The average Bonchev–Trinajstić information content (AvgIpc) is 2.91. The van der Waals surface area contributed by atoms with Gasteiger partial charge < -0.3 is 4.74 Å². The molecule has 1 saturated carbocycles. The van der Waals surface area contributed by atoms with Crippen molar-refractivity contribution in [3.63, 3.8) is 0 Å². The van der Waals surface area contributed by atoms with Crippen LogP contribution in [0, 0.1) is 11.8 Å². The lowest BCUT2D eigenvalue weighted by atomic mass is 9.80. The van der Waals surface area contributed by atoms with Crippen molar-refractivity contribution in [3.05, 3.63) is 42.2 Å². The maximum atomic E-state index is 12.7. The molecule has 4 nitrogen and oxygen atoms in total. The van der Waals surface area contributed by atoms with Crippen LogP contribution in [0.15, 0.2) is 36.7 Å². The van der Waals surface area contributed by atoms with E-state index in [1.54, 1.807) is 0 Å². The zero-order chi connectivity index (χ0) is 25.4. The summed E-state index contributed by atoms with van der Waals surface area (Å²) in [4.78, 5) is 21.8. The average molecular weight is 493 g/mol. The van der Waals surface area contributed by atoms with Gasteiger partial charge in [0.15, 0.2) is 5.82 Å². The van der Waals surface area contributed by atoms with Crippen LogP contribution in [-0.4, -0.2) is 15.9 Å². The first-order valence-electron chi connectivity index (χ1n) is 14.8. The van der Waals surface area contributed by atoms with E-state index in [9.17, 15) is 4.79 Å². The summed E-state index contributed by atoms with van der Waals surface area (Å²) in [5.74, 6) is 2.10. The molecule has 198 valence electrons. The number of esters is 1. The third-order valence-corrected chi connectivity index (χ3v) is 7.75. The lowest BCUT2D eigenvalue weighted by molar-refractivity contribution is -0.140. The van der Waals surface area contributed by atoms with E-state index in [4.69, 9.17) is 4.74 Å². The third kappa shape index (κ3) is 10.0. The van der Waals surface area contributed by atoms with E-state index in [1.165, 1.54) is 82.6 Å². The van der Waals surface area contributed by atoms with E-state index in [2.05, 4.69) is 23.8 Å². The van der Waals surface area contributed by atoms with E-state index in [1.807, 2.05) is 36.7 Å². The molecule has 0 N–H and O–H groups in total. The lowest BCUT2D eigenvalue weighted by Crippen LogP contribution is -2.25. The fourth-order valence-electron chi connectivity index (χ4n) is 5.34. The van der Waals surface area contributed by atoms with Crippen LogP contribution in [0.2, 0.25) is 0 Å². The summed E-state index contributed by atoms with van der Waals surface area (Å²) in [7, 11) is 0. The summed E-state index contributed by atoms with van der Waals surface area (Å²) < 4.78 is 5.71. The molecule has 0 spiro atoms. The summed E-state index contributed by atoms with van der Waals surface area (Å²) in [5.41, 5.74) is 2.15. The van der Waals surface area contributed by atoms with Crippen LogP contribution in [0.3, 0.4) is 0 Å². The highest BCUT2D eigenvalue weighted by molar-refractivity contribution is 5.75. The SMILES string of the molecule is CCCCCCCCCCc1cnc(-c2ccc(OC(=O)[C@H]3CC[C@H](CCCCC)CC3)cc2)nc1. The molecule has 0 atom stereocenters. The normalized spacial score (nSPS) is 17.7. The molecule has 1 aromatic heterocycles. The molecule has 0 radical (unpaired) electrons. The molecule has 3 rings (SSSR count). The number of carbonyl (C=O) groups excluding carboxylic acids is 1. The molecule has 1 aromatic carbocycles. The topological polar surface area (TPSA) is 52.1 Å². The van der Waals surface area contributed by atoms with Gasteiger partial charge in [-0.25, -0.2) is 9.97 Å². The molecule has 4 heteroatoms. The number of unbranched alkanes of at least 4 members (excludes halogenated alkanes) is 9. The number of carbonyl (C=O) groups is 1. The second-order valence-electron chi connectivity index (χ2n) is 10.8. The van der Waals surface area contributed by atoms with Crippen molar-refractivity contribution in [1.82, 2.24) is 9.97 Å². The van der Waals surface area contributed by atoms with Crippen LogP contribution < -0.4 is 4.74 Å². The smallest absolute Gasteiger partial charge is 0.314 e. The molecule has 0 saturated heterocycles. The van der Waals surface area contributed by atoms with Gasteiger partial charge >= 0.3 is 5.97 Å². The van der Waals surface area contributed by atoms with Crippen molar-refractivity contribution in [2.75, 3.05) is 0 Å². The number of rotatable bonds is 16. The molecule has 1 aliphatic rings. The van der Waals surface area contributed by atoms with Gasteiger partial charge in [-0.3, -0.25) is 4.79 Å². The zero-order valence-corrected chi connectivity index (χ0v) is 22.9. The molecule has 36 heavy (non-hydrogen) atoms. The monoisotopic (exact) mass is 492 g/mol. The number of ether oxygens (including phenoxy) is 1. The van der Waals surface area contributed by atoms with Crippen molar-refractivity contribution in [2.24, 2.45) is 11.8 Å². The Kier molecular flexibility index (Phi) is 13.0. The largest absolute Gasteiger partial charge is 0.426 e. The number of benzene rings is 1. The summed E-state index contributed by atoms with van der Waals surface area (Å²) in [6.45, 7) is 4.52. The quantitative estimate of drug-likeness (QED) is 0.133. The highest BCUT2D eigenvalue weighted by Crippen LogP contribution is 2.33. The van der Waals surface area contributed by atoms with Gasteiger partial charge in [0.25, 0.3) is 0 Å². The molecular weight excluding hydrogens is 444 g/mol. The first kappa shape index (κ1) is 28.3. The van der Waals surface area contributed by atoms with Gasteiger partial charge in [-0.15, -0.1) is 0 Å². The first-order valence-corrected chi connectivity index (χ1v) is 14.8. The predicted octanol–water partition coefficient (Wildman–Crippen LogP) is 9.12. The van der Waals surface area contributed by atoms with Crippen LogP contribution in [0.1, 0.15) is 122 Å². The fourth-order valence-corrected chi connectivity index (χ4v) is 5.34. The number of hydrogen-bond donors (Lipinski definition) is 0. The fraction of sp³-hybridized carbons (Fsp3) is 0.656. The minimum atomic E-state index is -0.0729. The second-order valence-corrected chi connectivity index (χ2v) is 10.8. The Morgan fingerprint density at radius 1 is 0.778 bits per heavy atom. The Hall–Kier alpha value is -2.23. The molecule has 1 heterocycles. The minimum Gasteiger partial charge on any atom is -0.426 e. The number of aryl methyl sites for hydroxylation is 1. The van der Waals surface area contributed by atoms with Crippen LogP contribution in [0.4, 0.5) is 0 Å². The predicted molar refractivity (Wildman–Crippen MR) is 149 cm³/mol. The van der Waals surface area contributed by atoms with E-state index in [0.717, 1.165) is 43.6 Å². The van der Waals surface area contributed by atoms with Crippen LogP contribution in [-0.2, 0) is 11.2 Å². The molecular formula is C32H48N2O2. The highest BCUT2D eigenvalue weighted by atomic mass is 16.5. The lowest BCUT2D eigenvalue weighted by Gasteiger charge is -2.27. The third-order valence-electron chi connectivity index (χ3n) is 7.75. The molecule has 1 aliphatic carbocycles.